The first-order valence-electron chi connectivity index (χ1n) is 9.08. The normalized spacial score (nSPS) is 19.2. The molecule has 0 spiro atoms. The molecule has 8 heteroatoms. The van der Waals surface area contributed by atoms with E-state index in [9.17, 15) is 9.59 Å². The number of thioether (sulfide) groups is 1. The second-order valence-corrected chi connectivity index (χ2v) is 9.18. The summed E-state index contributed by atoms with van der Waals surface area (Å²) in [6, 6.07) is 14.6. The van der Waals surface area contributed by atoms with Gasteiger partial charge in [0.1, 0.15) is 11.1 Å². The van der Waals surface area contributed by atoms with E-state index in [-0.39, 0.29) is 16.7 Å². The molecule has 1 fully saturated rings. The van der Waals surface area contributed by atoms with E-state index in [1.807, 2.05) is 57.3 Å². The Morgan fingerprint density at radius 2 is 1.72 bits per heavy atom. The summed E-state index contributed by atoms with van der Waals surface area (Å²) >= 11 is 14.0. The maximum absolute atomic E-state index is 13.5. The molecule has 3 aromatic rings. The van der Waals surface area contributed by atoms with E-state index < -0.39 is 5.37 Å². The van der Waals surface area contributed by atoms with Gasteiger partial charge in [-0.3, -0.25) is 19.2 Å². The van der Waals surface area contributed by atoms with Crippen LogP contribution in [0.25, 0.3) is 5.69 Å². The van der Waals surface area contributed by atoms with Crippen molar-refractivity contribution in [2.75, 3.05) is 4.90 Å². The van der Waals surface area contributed by atoms with Gasteiger partial charge in [-0.2, -0.15) is 0 Å². The Hall–Kier alpha value is -2.15. The molecule has 0 radical (unpaired) electrons. The van der Waals surface area contributed by atoms with Gasteiger partial charge >= 0.3 is 0 Å². The number of rotatable bonds is 3. The second-order valence-electron chi connectivity index (χ2n) is 6.91. The van der Waals surface area contributed by atoms with Crippen LogP contribution in [0.15, 0.2) is 53.3 Å². The lowest BCUT2D eigenvalue weighted by molar-refractivity contribution is -0.117. The molecule has 2 atom stereocenters. The van der Waals surface area contributed by atoms with Crippen molar-refractivity contribution >= 4 is 46.6 Å². The van der Waals surface area contributed by atoms with Gasteiger partial charge in [0.2, 0.25) is 5.91 Å². The molecule has 1 amide bonds. The van der Waals surface area contributed by atoms with E-state index in [4.69, 9.17) is 23.2 Å². The summed E-state index contributed by atoms with van der Waals surface area (Å²) in [6.45, 7) is 3.69. The number of carbonyl (C=O) groups excluding carboxylic acids is 1. The van der Waals surface area contributed by atoms with Crippen LogP contribution in [-0.2, 0) is 11.8 Å². The average molecular weight is 448 g/mol. The lowest BCUT2D eigenvalue weighted by Gasteiger charge is -2.24. The number of hydrogen-bond donors (Lipinski definition) is 0. The number of halogens is 2. The SMILES string of the molecule is Cc1c(N2C(=O)[C@@H](C)S[C@H]2c2ccc(Cl)cc2Cl)c(=O)n(-c2ccccc2)n1C. The Labute approximate surface area is 182 Å². The van der Waals surface area contributed by atoms with Gasteiger partial charge in [-0.25, -0.2) is 4.68 Å². The summed E-state index contributed by atoms with van der Waals surface area (Å²) in [4.78, 5) is 28.1. The van der Waals surface area contributed by atoms with Crippen molar-refractivity contribution in [3.63, 3.8) is 0 Å². The molecular formula is C21H19Cl2N3O2S. The molecule has 2 heterocycles. The molecule has 0 unspecified atom stereocenters. The van der Waals surface area contributed by atoms with Crippen molar-refractivity contribution in [1.82, 2.24) is 9.36 Å². The Morgan fingerprint density at radius 3 is 2.38 bits per heavy atom. The minimum Gasteiger partial charge on any atom is -0.288 e. The number of amides is 1. The highest BCUT2D eigenvalue weighted by atomic mass is 35.5. The van der Waals surface area contributed by atoms with Crippen LogP contribution in [0.2, 0.25) is 10.0 Å². The van der Waals surface area contributed by atoms with Crippen LogP contribution in [0.3, 0.4) is 0 Å². The molecule has 29 heavy (non-hydrogen) atoms. The van der Waals surface area contributed by atoms with Crippen LogP contribution in [0.4, 0.5) is 5.69 Å². The summed E-state index contributed by atoms with van der Waals surface area (Å²) in [6.07, 6.45) is 0. The number of carbonyl (C=O) groups is 1. The first-order valence-corrected chi connectivity index (χ1v) is 10.8. The van der Waals surface area contributed by atoms with E-state index in [0.29, 0.717) is 21.4 Å². The lowest BCUT2D eigenvalue weighted by Crippen LogP contribution is -2.34. The first-order chi connectivity index (χ1) is 13.8. The average Bonchev–Trinajstić information content (AvgIpc) is 3.09. The van der Waals surface area contributed by atoms with E-state index in [1.165, 1.54) is 11.8 Å². The molecule has 2 aromatic carbocycles. The first kappa shape index (κ1) is 20.1. The molecule has 4 rings (SSSR count). The highest BCUT2D eigenvalue weighted by Gasteiger charge is 2.43. The second kappa shape index (κ2) is 7.59. The van der Waals surface area contributed by atoms with Gasteiger partial charge < -0.3 is 0 Å². The number of benzene rings is 2. The predicted molar refractivity (Wildman–Crippen MR) is 119 cm³/mol. The van der Waals surface area contributed by atoms with Gasteiger partial charge in [0.15, 0.2) is 0 Å². The van der Waals surface area contributed by atoms with Crippen molar-refractivity contribution in [3.8, 4) is 5.69 Å². The van der Waals surface area contributed by atoms with Crippen LogP contribution in [0, 0.1) is 6.92 Å². The topological polar surface area (TPSA) is 47.2 Å². The number of hydrogen-bond acceptors (Lipinski definition) is 3. The summed E-state index contributed by atoms with van der Waals surface area (Å²) < 4.78 is 3.35. The molecule has 0 N–H and O–H groups in total. The molecule has 150 valence electrons. The van der Waals surface area contributed by atoms with Crippen LogP contribution >= 0.6 is 35.0 Å². The predicted octanol–water partition coefficient (Wildman–Crippen LogP) is 4.96. The number of aromatic nitrogens is 2. The van der Waals surface area contributed by atoms with Crippen molar-refractivity contribution in [2.24, 2.45) is 7.05 Å². The zero-order valence-electron chi connectivity index (χ0n) is 16.1. The fraction of sp³-hybridized carbons (Fsp3) is 0.238. The van der Waals surface area contributed by atoms with E-state index in [2.05, 4.69) is 0 Å². The highest BCUT2D eigenvalue weighted by molar-refractivity contribution is 8.01. The van der Waals surface area contributed by atoms with Crippen LogP contribution in [0.1, 0.15) is 23.6 Å². The summed E-state index contributed by atoms with van der Waals surface area (Å²) in [5, 5.41) is 0.296. The van der Waals surface area contributed by atoms with Crippen molar-refractivity contribution in [2.45, 2.75) is 24.5 Å². The standard InChI is InChI=1S/C21H19Cl2N3O2S/c1-12-18(20(28)26(24(12)3)15-7-5-4-6-8-15)25-19(27)13(2)29-21(25)16-10-9-14(22)11-17(16)23/h4-11,13,21H,1-3H3/t13-,21+/m1/s1. The molecule has 0 aliphatic carbocycles. The fourth-order valence-corrected chi connectivity index (χ4v) is 5.47. The third-order valence-electron chi connectivity index (χ3n) is 5.15. The molecule has 1 aliphatic rings. The van der Waals surface area contributed by atoms with Gasteiger partial charge in [-0.1, -0.05) is 47.5 Å². The van der Waals surface area contributed by atoms with E-state index >= 15 is 0 Å². The van der Waals surface area contributed by atoms with E-state index in [1.54, 1.807) is 26.4 Å². The molecule has 0 saturated carbocycles. The largest absolute Gasteiger partial charge is 0.295 e. The fourth-order valence-electron chi connectivity index (χ4n) is 3.60. The smallest absolute Gasteiger partial charge is 0.288 e. The molecule has 1 saturated heterocycles. The maximum atomic E-state index is 13.5. The molecule has 5 nitrogen and oxygen atoms in total. The molecular weight excluding hydrogens is 429 g/mol. The minimum absolute atomic E-state index is 0.114. The Morgan fingerprint density at radius 1 is 1.03 bits per heavy atom. The van der Waals surface area contributed by atoms with Gasteiger partial charge in [0.05, 0.1) is 16.6 Å². The van der Waals surface area contributed by atoms with Gasteiger partial charge in [-0.15, -0.1) is 11.8 Å². The Bertz CT molecular complexity index is 1160. The number of anilines is 1. The summed E-state index contributed by atoms with van der Waals surface area (Å²) in [5.74, 6) is -0.114. The van der Waals surface area contributed by atoms with Crippen molar-refractivity contribution in [1.29, 1.82) is 0 Å². The Balaban J connectivity index is 1.90. The van der Waals surface area contributed by atoms with Gasteiger partial charge in [0.25, 0.3) is 5.56 Å². The van der Waals surface area contributed by atoms with Gasteiger partial charge in [0, 0.05) is 22.7 Å². The Kier molecular flexibility index (Phi) is 5.27. The third-order valence-corrected chi connectivity index (χ3v) is 7.04. The summed E-state index contributed by atoms with van der Waals surface area (Å²) in [7, 11) is 1.81. The van der Waals surface area contributed by atoms with Gasteiger partial charge in [-0.05, 0) is 38.1 Å². The minimum atomic E-state index is -0.403. The van der Waals surface area contributed by atoms with Crippen LogP contribution < -0.4 is 10.5 Å². The molecule has 0 bridgehead atoms. The lowest BCUT2D eigenvalue weighted by atomic mass is 10.2. The maximum Gasteiger partial charge on any atom is 0.295 e. The van der Waals surface area contributed by atoms with E-state index in [0.717, 1.165) is 11.3 Å². The zero-order valence-corrected chi connectivity index (χ0v) is 18.4. The van der Waals surface area contributed by atoms with Crippen molar-refractivity contribution < 1.29 is 4.79 Å². The number of para-hydroxylation sites is 1. The zero-order chi connectivity index (χ0) is 20.9. The highest BCUT2D eigenvalue weighted by Crippen LogP contribution is 2.47. The quantitative estimate of drug-likeness (QED) is 0.569. The molecule has 1 aromatic heterocycles. The van der Waals surface area contributed by atoms with Crippen LogP contribution in [-0.4, -0.2) is 20.5 Å². The van der Waals surface area contributed by atoms with Crippen molar-refractivity contribution in [3.05, 3.63) is 80.2 Å². The number of nitrogens with zero attached hydrogens (tertiary/aromatic N) is 3. The monoisotopic (exact) mass is 447 g/mol. The molecule has 1 aliphatic heterocycles. The third kappa shape index (κ3) is 3.29. The van der Waals surface area contributed by atoms with Crippen LogP contribution in [0.5, 0.6) is 0 Å². The summed E-state index contributed by atoms with van der Waals surface area (Å²) in [5.41, 5.74) is 2.33.